The SMILES string of the molecule is CC(Cc1ccco1)NC(=O)N1CCCCCC1. The second-order valence-electron chi connectivity index (χ2n) is 5.04. The van der Waals surface area contributed by atoms with Crippen LogP contribution in [0.2, 0.25) is 0 Å². The molecule has 4 nitrogen and oxygen atoms in total. The minimum atomic E-state index is 0.0657. The van der Waals surface area contributed by atoms with Gasteiger partial charge in [-0.2, -0.15) is 0 Å². The first-order chi connectivity index (χ1) is 8.75. The molecule has 1 aliphatic rings. The molecule has 18 heavy (non-hydrogen) atoms. The number of urea groups is 1. The summed E-state index contributed by atoms with van der Waals surface area (Å²) in [5.74, 6) is 0.915. The van der Waals surface area contributed by atoms with Crippen LogP contribution in [0.25, 0.3) is 0 Å². The minimum absolute atomic E-state index is 0.0657. The Morgan fingerprint density at radius 2 is 2.11 bits per heavy atom. The van der Waals surface area contributed by atoms with E-state index in [1.54, 1.807) is 6.26 Å². The molecule has 2 amide bonds. The first kappa shape index (κ1) is 13.0. The van der Waals surface area contributed by atoms with Gasteiger partial charge in [0.15, 0.2) is 0 Å². The van der Waals surface area contributed by atoms with Crippen LogP contribution in [0.1, 0.15) is 38.4 Å². The Kier molecular flexibility index (Phi) is 4.67. The van der Waals surface area contributed by atoms with Gasteiger partial charge in [0, 0.05) is 25.6 Å². The van der Waals surface area contributed by atoms with Gasteiger partial charge in [0.2, 0.25) is 0 Å². The van der Waals surface area contributed by atoms with Crippen molar-refractivity contribution in [1.29, 1.82) is 0 Å². The van der Waals surface area contributed by atoms with Gasteiger partial charge in [0.25, 0.3) is 0 Å². The number of likely N-dealkylation sites (tertiary alicyclic amines) is 1. The van der Waals surface area contributed by atoms with Gasteiger partial charge in [-0.05, 0) is 31.9 Å². The molecule has 4 heteroatoms. The Labute approximate surface area is 108 Å². The van der Waals surface area contributed by atoms with E-state index in [2.05, 4.69) is 5.32 Å². The predicted molar refractivity (Wildman–Crippen MR) is 70.4 cm³/mol. The van der Waals surface area contributed by atoms with Gasteiger partial charge >= 0.3 is 6.03 Å². The monoisotopic (exact) mass is 250 g/mol. The molecule has 1 unspecified atom stereocenters. The van der Waals surface area contributed by atoms with Crippen LogP contribution in [0.5, 0.6) is 0 Å². The van der Waals surface area contributed by atoms with Gasteiger partial charge in [-0.25, -0.2) is 4.79 Å². The molecular formula is C14H22N2O2. The molecule has 0 bridgehead atoms. The van der Waals surface area contributed by atoms with Crippen LogP contribution in [0.4, 0.5) is 4.79 Å². The third-order valence-corrected chi connectivity index (χ3v) is 3.35. The van der Waals surface area contributed by atoms with Crippen LogP contribution < -0.4 is 5.32 Å². The lowest BCUT2D eigenvalue weighted by Gasteiger charge is -2.23. The molecule has 0 aromatic carbocycles. The lowest BCUT2D eigenvalue weighted by atomic mass is 10.2. The Morgan fingerprint density at radius 3 is 2.72 bits per heavy atom. The van der Waals surface area contributed by atoms with Gasteiger partial charge in [0.05, 0.1) is 6.26 Å². The Bertz CT molecular complexity index is 354. The molecule has 1 saturated heterocycles. The van der Waals surface area contributed by atoms with Crippen LogP contribution in [0.15, 0.2) is 22.8 Å². The number of nitrogens with zero attached hydrogens (tertiary/aromatic N) is 1. The maximum atomic E-state index is 12.1. The maximum Gasteiger partial charge on any atom is 0.317 e. The summed E-state index contributed by atoms with van der Waals surface area (Å²) in [6.07, 6.45) is 7.14. The van der Waals surface area contributed by atoms with Gasteiger partial charge in [-0.15, -0.1) is 0 Å². The summed E-state index contributed by atoms with van der Waals surface area (Å²) in [6, 6.07) is 3.98. The van der Waals surface area contributed by atoms with Crippen molar-refractivity contribution in [2.24, 2.45) is 0 Å². The van der Waals surface area contributed by atoms with Crippen LogP contribution in [-0.4, -0.2) is 30.1 Å². The van der Waals surface area contributed by atoms with Crippen molar-refractivity contribution in [2.75, 3.05) is 13.1 Å². The van der Waals surface area contributed by atoms with Crippen molar-refractivity contribution < 1.29 is 9.21 Å². The quantitative estimate of drug-likeness (QED) is 0.896. The highest BCUT2D eigenvalue weighted by atomic mass is 16.3. The van der Waals surface area contributed by atoms with Crippen molar-refractivity contribution in [3.63, 3.8) is 0 Å². The van der Waals surface area contributed by atoms with Gasteiger partial charge in [-0.1, -0.05) is 12.8 Å². The van der Waals surface area contributed by atoms with E-state index in [1.807, 2.05) is 24.0 Å². The Morgan fingerprint density at radius 1 is 1.39 bits per heavy atom. The van der Waals surface area contributed by atoms with Gasteiger partial charge < -0.3 is 14.6 Å². The third-order valence-electron chi connectivity index (χ3n) is 3.35. The lowest BCUT2D eigenvalue weighted by Crippen LogP contribution is -2.44. The van der Waals surface area contributed by atoms with E-state index < -0.39 is 0 Å². The van der Waals surface area contributed by atoms with E-state index in [4.69, 9.17) is 4.42 Å². The number of amides is 2. The lowest BCUT2D eigenvalue weighted by molar-refractivity contribution is 0.196. The topological polar surface area (TPSA) is 45.5 Å². The zero-order valence-electron chi connectivity index (χ0n) is 11.0. The molecule has 0 aliphatic carbocycles. The summed E-state index contributed by atoms with van der Waals surface area (Å²) in [6.45, 7) is 3.79. The van der Waals surface area contributed by atoms with E-state index in [0.717, 1.165) is 38.1 Å². The van der Waals surface area contributed by atoms with E-state index in [0.29, 0.717) is 0 Å². The second kappa shape index (κ2) is 6.47. The zero-order valence-corrected chi connectivity index (χ0v) is 11.0. The highest BCUT2D eigenvalue weighted by molar-refractivity contribution is 5.74. The zero-order chi connectivity index (χ0) is 12.8. The maximum absolute atomic E-state index is 12.1. The average Bonchev–Trinajstić information content (AvgIpc) is 2.68. The standard InChI is InChI=1S/C14H22N2O2/c1-12(11-13-7-6-10-18-13)15-14(17)16-8-4-2-3-5-9-16/h6-7,10,12H,2-5,8-9,11H2,1H3,(H,15,17). The molecule has 1 aromatic rings. The second-order valence-corrected chi connectivity index (χ2v) is 5.04. The van der Waals surface area contributed by atoms with Crippen molar-refractivity contribution in [2.45, 2.75) is 45.1 Å². The first-order valence-corrected chi connectivity index (χ1v) is 6.83. The number of nitrogens with one attached hydrogen (secondary N) is 1. The normalized spacial score (nSPS) is 18.2. The molecule has 0 radical (unpaired) electrons. The van der Waals surface area contributed by atoms with Crippen molar-refractivity contribution >= 4 is 6.03 Å². The molecule has 1 atom stereocenters. The fourth-order valence-electron chi connectivity index (χ4n) is 2.36. The molecule has 2 heterocycles. The highest BCUT2D eigenvalue weighted by Gasteiger charge is 2.17. The summed E-state index contributed by atoms with van der Waals surface area (Å²) in [7, 11) is 0. The summed E-state index contributed by atoms with van der Waals surface area (Å²) < 4.78 is 5.29. The molecule has 0 saturated carbocycles. The molecular weight excluding hydrogens is 228 g/mol. The number of furan rings is 1. The van der Waals surface area contributed by atoms with Crippen LogP contribution in [0, 0.1) is 0 Å². The number of hydrogen-bond acceptors (Lipinski definition) is 2. The fraction of sp³-hybridized carbons (Fsp3) is 0.643. The summed E-state index contributed by atoms with van der Waals surface area (Å²) in [5.41, 5.74) is 0. The summed E-state index contributed by atoms with van der Waals surface area (Å²) >= 11 is 0. The number of rotatable bonds is 3. The number of carbonyl (C=O) groups excluding carboxylic acids is 1. The van der Waals surface area contributed by atoms with E-state index in [1.165, 1.54) is 12.8 Å². The predicted octanol–water partition coefficient (Wildman–Crippen LogP) is 2.80. The molecule has 100 valence electrons. The third kappa shape index (κ3) is 3.79. The molecule has 1 aromatic heterocycles. The fourth-order valence-corrected chi connectivity index (χ4v) is 2.36. The van der Waals surface area contributed by atoms with Crippen LogP contribution in [-0.2, 0) is 6.42 Å². The van der Waals surface area contributed by atoms with Crippen molar-refractivity contribution in [3.05, 3.63) is 24.2 Å². The molecule has 1 aliphatic heterocycles. The van der Waals surface area contributed by atoms with Crippen LogP contribution in [0.3, 0.4) is 0 Å². The van der Waals surface area contributed by atoms with Gasteiger partial charge in [0.1, 0.15) is 5.76 Å². The Balaban J connectivity index is 1.78. The van der Waals surface area contributed by atoms with Crippen molar-refractivity contribution in [1.82, 2.24) is 10.2 Å². The molecule has 1 N–H and O–H groups in total. The van der Waals surface area contributed by atoms with Gasteiger partial charge in [-0.3, -0.25) is 0 Å². The van der Waals surface area contributed by atoms with E-state index in [9.17, 15) is 4.79 Å². The smallest absolute Gasteiger partial charge is 0.317 e. The molecule has 1 fully saturated rings. The minimum Gasteiger partial charge on any atom is -0.469 e. The van der Waals surface area contributed by atoms with Crippen LogP contribution >= 0.6 is 0 Å². The van der Waals surface area contributed by atoms with E-state index in [-0.39, 0.29) is 12.1 Å². The molecule has 0 spiro atoms. The number of carbonyl (C=O) groups is 1. The van der Waals surface area contributed by atoms with Crippen molar-refractivity contribution in [3.8, 4) is 0 Å². The summed E-state index contributed by atoms with van der Waals surface area (Å²) in [5, 5.41) is 3.04. The highest BCUT2D eigenvalue weighted by Crippen LogP contribution is 2.10. The largest absolute Gasteiger partial charge is 0.469 e. The van der Waals surface area contributed by atoms with E-state index >= 15 is 0 Å². The summed E-state index contributed by atoms with van der Waals surface area (Å²) in [4.78, 5) is 14.0. The number of hydrogen-bond donors (Lipinski definition) is 1. The first-order valence-electron chi connectivity index (χ1n) is 6.83. The molecule has 2 rings (SSSR count). The Hall–Kier alpha value is -1.45. The average molecular weight is 250 g/mol.